The summed E-state index contributed by atoms with van der Waals surface area (Å²) in [5.74, 6) is -1.01. The van der Waals surface area contributed by atoms with Crippen molar-refractivity contribution in [2.45, 2.75) is 13.3 Å². The number of carboxylic acid groups (broad SMARTS) is 1. The molecule has 1 amide bonds. The number of halogens is 1. The number of carboxylic acids is 1. The minimum absolute atomic E-state index is 0.0845. The van der Waals surface area contributed by atoms with E-state index in [2.05, 4.69) is 26.8 Å². The van der Waals surface area contributed by atoms with Crippen LogP contribution in [0.5, 0.6) is 0 Å². The van der Waals surface area contributed by atoms with Crippen LogP contribution in [0.15, 0.2) is 42.1 Å². The number of fused-ring (bicyclic) bond motifs is 1. The van der Waals surface area contributed by atoms with E-state index in [4.69, 9.17) is 11.6 Å². The lowest BCUT2D eigenvalue weighted by atomic mass is 10.1. The van der Waals surface area contributed by atoms with Crippen LogP contribution in [0.4, 0.5) is 5.69 Å². The molecule has 2 heterocycles. The number of amides is 1. The first-order valence-corrected chi connectivity index (χ1v) is 8.16. The normalized spacial score (nSPS) is 10.7. The van der Waals surface area contributed by atoms with E-state index >= 15 is 0 Å². The number of hydrogen-bond acceptors (Lipinski definition) is 4. The molecule has 132 valence electrons. The Morgan fingerprint density at radius 3 is 2.77 bits per heavy atom. The second-order valence-corrected chi connectivity index (χ2v) is 5.97. The maximum atomic E-state index is 11.7. The fraction of sp³-hybridized carbons (Fsp3) is 0.111. The van der Waals surface area contributed by atoms with Crippen molar-refractivity contribution in [3.63, 3.8) is 0 Å². The van der Waals surface area contributed by atoms with Gasteiger partial charge >= 0.3 is 5.97 Å². The molecule has 0 radical (unpaired) electrons. The molecule has 0 saturated carbocycles. The van der Waals surface area contributed by atoms with E-state index in [1.54, 1.807) is 24.3 Å². The van der Waals surface area contributed by atoms with Crippen molar-refractivity contribution in [1.82, 2.24) is 15.0 Å². The Morgan fingerprint density at radius 2 is 2.12 bits per heavy atom. The second-order valence-electron chi connectivity index (χ2n) is 5.51. The van der Waals surface area contributed by atoms with Crippen LogP contribution in [0, 0.1) is 0 Å². The maximum Gasteiger partial charge on any atom is 0.338 e. The summed E-state index contributed by atoms with van der Waals surface area (Å²) in [7, 11) is 0. The first kappa shape index (κ1) is 17.6. The molecule has 3 N–H and O–H groups in total. The zero-order valence-corrected chi connectivity index (χ0v) is 14.6. The van der Waals surface area contributed by atoms with Crippen molar-refractivity contribution >= 4 is 40.2 Å². The van der Waals surface area contributed by atoms with E-state index < -0.39 is 11.9 Å². The van der Waals surface area contributed by atoms with Crippen LogP contribution >= 0.6 is 11.6 Å². The van der Waals surface area contributed by atoms with Gasteiger partial charge < -0.3 is 15.4 Å². The van der Waals surface area contributed by atoms with Crippen molar-refractivity contribution in [2.75, 3.05) is 5.32 Å². The molecule has 0 aliphatic rings. The molecule has 0 fully saturated rings. The van der Waals surface area contributed by atoms with Crippen LogP contribution < -0.4 is 5.32 Å². The molecule has 0 unspecified atom stereocenters. The fourth-order valence-corrected chi connectivity index (χ4v) is 2.61. The summed E-state index contributed by atoms with van der Waals surface area (Å²) in [6.07, 6.45) is 1.99. The molecule has 3 rings (SSSR count). The van der Waals surface area contributed by atoms with E-state index in [9.17, 15) is 14.7 Å². The molecule has 8 heteroatoms. The average molecular weight is 371 g/mol. The highest BCUT2D eigenvalue weighted by Gasteiger charge is 2.19. The van der Waals surface area contributed by atoms with E-state index in [0.29, 0.717) is 40.2 Å². The third kappa shape index (κ3) is 3.29. The number of nitrogens with zero attached hydrogens (tertiary/aromatic N) is 2. The number of benzene rings is 1. The Morgan fingerprint density at radius 1 is 1.35 bits per heavy atom. The number of anilines is 1. The summed E-state index contributed by atoms with van der Waals surface area (Å²) in [5.41, 5.74) is 2.15. The Bertz CT molecular complexity index is 1040. The fourth-order valence-electron chi connectivity index (χ4n) is 2.56. The van der Waals surface area contributed by atoms with Gasteiger partial charge in [0.15, 0.2) is 0 Å². The van der Waals surface area contributed by atoms with Crippen molar-refractivity contribution in [2.24, 2.45) is 0 Å². The summed E-state index contributed by atoms with van der Waals surface area (Å²) >= 11 is 5.60. The van der Waals surface area contributed by atoms with Gasteiger partial charge in [-0.15, -0.1) is 0 Å². The second kappa shape index (κ2) is 6.97. The summed E-state index contributed by atoms with van der Waals surface area (Å²) in [4.78, 5) is 35.0. The molecular formula is C18H15ClN4O3. The number of H-pyrrole nitrogens is 1. The smallest absolute Gasteiger partial charge is 0.338 e. The van der Waals surface area contributed by atoms with Gasteiger partial charge in [0, 0.05) is 23.9 Å². The van der Waals surface area contributed by atoms with Gasteiger partial charge in [-0.1, -0.05) is 37.2 Å². The molecule has 1 aromatic carbocycles. The zero-order valence-electron chi connectivity index (χ0n) is 13.8. The van der Waals surface area contributed by atoms with Gasteiger partial charge in [0.1, 0.15) is 11.5 Å². The maximum absolute atomic E-state index is 11.7. The molecule has 26 heavy (non-hydrogen) atoms. The van der Waals surface area contributed by atoms with Gasteiger partial charge in [0.05, 0.1) is 21.7 Å². The standard InChI is InChI=1S/C18H15ClN4O3/c1-3-13-22-15(14-12(18(25)26)8-20-16(14)23-13)10-5-4-6-11(7-10)21-17(24)9(2)19/h4-8H,2-3H2,1H3,(H,21,24)(H,25,26)(H,20,22,23). The molecule has 0 spiro atoms. The highest BCUT2D eigenvalue weighted by Crippen LogP contribution is 2.30. The largest absolute Gasteiger partial charge is 0.478 e. The molecule has 0 aliphatic heterocycles. The van der Waals surface area contributed by atoms with Crippen LogP contribution in [0.3, 0.4) is 0 Å². The van der Waals surface area contributed by atoms with Gasteiger partial charge in [0.2, 0.25) is 0 Å². The van der Waals surface area contributed by atoms with Crippen molar-refractivity contribution in [3.8, 4) is 11.3 Å². The predicted octanol–water partition coefficient (Wildman–Crippen LogP) is 3.58. The first-order chi connectivity index (χ1) is 12.4. The highest BCUT2D eigenvalue weighted by atomic mass is 35.5. The third-order valence-corrected chi connectivity index (χ3v) is 3.94. The Hall–Kier alpha value is -3.19. The van der Waals surface area contributed by atoms with Crippen molar-refractivity contribution in [1.29, 1.82) is 0 Å². The molecule has 0 atom stereocenters. The highest BCUT2D eigenvalue weighted by molar-refractivity contribution is 6.43. The van der Waals surface area contributed by atoms with Crippen LogP contribution in [0.1, 0.15) is 23.1 Å². The zero-order chi connectivity index (χ0) is 18.8. The van der Waals surface area contributed by atoms with Crippen LogP contribution in [0.2, 0.25) is 0 Å². The third-order valence-electron chi connectivity index (χ3n) is 3.76. The molecular weight excluding hydrogens is 356 g/mol. The summed E-state index contributed by atoms with van der Waals surface area (Å²) < 4.78 is 0. The Labute approximate surface area is 153 Å². The number of aromatic nitrogens is 3. The Balaban J connectivity index is 2.18. The lowest BCUT2D eigenvalue weighted by Gasteiger charge is -2.09. The number of hydrogen-bond donors (Lipinski definition) is 3. The number of rotatable bonds is 5. The first-order valence-electron chi connectivity index (χ1n) is 7.78. The number of aryl methyl sites for hydroxylation is 1. The van der Waals surface area contributed by atoms with Crippen molar-refractivity contribution < 1.29 is 14.7 Å². The van der Waals surface area contributed by atoms with Crippen LogP contribution in [0.25, 0.3) is 22.3 Å². The van der Waals surface area contributed by atoms with Crippen LogP contribution in [-0.4, -0.2) is 31.9 Å². The van der Waals surface area contributed by atoms with Gasteiger partial charge in [-0.2, -0.15) is 0 Å². The predicted molar refractivity (Wildman–Crippen MR) is 99.3 cm³/mol. The molecule has 0 saturated heterocycles. The Kier molecular flexibility index (Phi) is 4.73. The quantitative estimate of drug-likeness (QED) is 0.595. The van der Waals surface area contributed by atoms with Gasteiger partial charge in [0.25, 0.3) is 5.91 Å². The van der Waals surface area contributed by atoms with Crippen LogP contribution in [-0.2, 0) is 11.2 Å². The summed E-state index contributed by atoms with van der Waals surface area (Å²) in [6.45, 7) is 5.29. The average Bonchev–Trinajstić information content (AvgIpc) is 3.05. The van der Waals surface area contributed by atoms with E-state index in [-0.39, 0.29) is 10.6 Å². The molecule has 2 aromatic heterocycles. The topological polar surface area (TPSA) is 108 Å². The summed E-state index contributed by atoms with van der Waals surface area (Å²) in [5, 5.41) is 12.4. The SMILES string of the molecule is C=C(Cl)C(=O)Nc1cccc(-c2nc(CC)nc3[nH]cc(C(=O)O)c23)c1. The lowest BCUT2D eigenvalue weighted by Crippen LogP contribution is -2.10. The molecule has 0 bridgehead atoms. The number of aromatic carboxylic acids is 1. The van der Waals surface area contributed by atoms with Crippen molar-refractivity contribution in [3.05, 3.63) is 53.5 Å². The minimum Gasteiger partial charge on any atom is -0.478 e. The monoisotopic (exact) mass is 370 g/mol. The number of carbonyl (C=O) groups excluding carboxylic acids is 1. The minimum atomic E-state index is -1.08. The van der Waals surface area contributed by atoms with Gasteiger partial charge in [-0.25, -0.2) is 14.8 Å². The van der Waals surface area contributed by atoms with Gasteiger partial charge in [-0.3, -0.25) is 4.79 Å². The van der Waals surface area contributed by atoms with Gasteiger partial charge in [-0.05, 0) is 12.1 Å². The lowest BCUT2D eigenvalue weighted by molar-refractivity contribution is -0.112. The van der Waals surface area contributed by atoms with E-state index in [0.717, 1.165) is 0 Å². The number of aromatic amines is 1. The molecule has 0 aliphatic carbocycles. The van der Waals surface area contributed by atoms with E-state index in [1.165, 1.54) is 6.20 Å². The molecule has 7 nitrogen and oxygen atoms in total. The van der Waals surface area contributed by atoms with E-state index in [1.807, 2.05) is 6.92 Å². The number of nitrogens with one attached hydrogen (secondary N) is 2. The molecule has 3 aromatic rings. The number of carbonyl (C=O) groups is 2. The summed E-state index contributed by atoms with van der Waals surface area (Å²) in [6, 6.07) is 6.90.